The van der Waals surface area contributed by atoms with Crippen LogP contribution in [0.15, 0.2) is 96.4 Å². The van der Waals surface area contributed by atoms with E-state index in [0.717, 1.165) is 49.2 Å². The predicted molar refractivity (Wildman–Crippen MR) is 226 cm³/mol. The molecule has 2 aliphatic heterocycles. The van der Waals surface area contributed by atoms with E-state index in [4.69, 9.17) is 30.5 Å². The lowest BCUT2D eigenvalue weighted by Gasteiger charge is -2.37. The molecule has 10 heteroatoms. The summed E-state index contributed by atoms with van der Waals surface area (Å²) in [6, 6.07) is 31.1. The second-order valence-electron chi connectivity index (χ2n) is 15.9. The standard InChI is InChI=1S/C47H50ClNO7S/c1-29-28-57-45-37(25-36-43(41(29)45)32(26-48)27-49(36)38(50)21-14-22-39(51)56-47(2,3)4)54-40-24-23-35(44(55-40)46(52)53-5)33-19-12-13-20-34(33)42(30-15-8-6-9-16-30)31-17-10-7-11-18-31/h6-13,15-20,25,28,32,35,40,42,44H,14,21-24,26-27H2,1-5H3/t32?,35-,40+,44-/m0/s1. The lowest BCUT2D eigenvalue weighted by atomic mass is 9.77. The van der Waals surface area contributed by atoms with Crippen LogP contribution in [0, 0.1) is 6.92 Å². The van der Waals surface area contributed by atoms with E-state index in [1.54, 1.807) is 16.2 Å². The summed E-state index contributed by atoms with van der Waals surface area (Å²) in [5.41, 5.74) is 6.73. The van der Waals surface area contributed by atoms with Crippen LogP contribution in [-0.2, 0) is 28.6 Å². The van der Waals surface area contributed by atoms with Gasteiger partial charge in [0.1, 0.15) is 11.4 Å². The number of aryl methyl sites for hydroxylation is 1. The van der Waals surface area contributed by atoms with E-state index in [0.29, 0.717) is 37.4 Å². The van der Waals surface area contributed by atoms with Gasteiger partial charge in [0.15, 0.2) is 6.10 Å². The van der Waals surface area contributed by atoms with Crippen molar-refractivity contribution < 1.29 is 33.3 Å². The zero-order valence-corrected chi connectivity index (χ0v) is 34.7. The Morgan fingerprint density at radius 1 is 0.930 bits per heavy atom. The molecule has 1 unspecified atom stereocenters. The van der Waals surface area contributed by atoms with Crippen LogP contribution >= 0.6 is 22.9 Å². The first-order chi connectivity index (χ1) is 27.5. The smallest absolute Gasteiger partial charge is 0.335 e. The second kappa shape index (κ2) is 17.4. The highest BCUT2D eigenvalue weighted by molar-refractivity contribution is 7.17. The van der Waals surface area contributed by atoms with Gasteiger partial charge in [-0.1, -0.05) is 84.9 Å². The zero-order chi connectivity index (χ0) is 40.3. The number of alkyl halides is 1. The van der Waals surface area contributed by atoms with Crippen molar-refractivity contribution in [2.24, 2.45) is 0 Å². The largest absolute Gasteiger partial charge is 0.467 e. The lowest BCUT2D eigenvalue weighted by Crippen LogP contribution is -2.42. The maximum Gasteiger partial charge on any atom is 0.335 e. The van der Waals surface area contributed by atoms with Crippen LogP contribution in [0.4, 0.5) is 5.69 Å². The van der Waals surface area contributed by atoms with Crippen molar-refractivity contribution in [3.05, 3.63) is 130 Å². The van der Waals surface area contributed by atoms with Crippen LogP contribution in [0.25, 0.3) is 10.1 Å². The summed E-state index contributed by atoms with van der Waals surface area (Å²) in [6.07, 6.45) is 0.199. The van der Waals surface area contributed by atoms with E-state index >= 15 is 0 Å². The predicted octanol–water partition coefficient (Wildman–Crippen LogP) is 10.4. The minimum Gasteiger partial charge on any atom is -0.467 e. The van der Waals surface area contributed by atoms with Crippen molar-refractivity contribution in [2.45, 2.75) is 95.5 Å². The summed E-state index contributed by atoms with van der Waals surface area (Å²) in [7, 11) is 1.39. The molecule has 5 aromatic rings. The number of methoxy groups -OCH3 is 1. The van der Waals surface area contributed by atoms with E-state index < -0.39 is 24.0 Å². The number of rotatable bonds is 12. The van der Waals surface area contributed by atoms with Crippen molar-refractivity contribution in [3.63, 3.8) is 0 Å². The minimum absolute atomic E-state index is 0.0579. The molecule has 4 atom stereocenters. The number of fused-ring (bicyclic) bond motifs is 3. The van der Waals surface area contributed by atoms with E-state index in [9.17, 15) is 14.4 Å². The molecule has 1 amide bonds. The normalized spacial score (nSPS) is 19.4. The maximum absolute atomic E-state index is 13.8. The molecule has 0 bridgehead atoms. The summed E-state index contributed by atoms with van der Waals surface area (Å²) in [5, 5.41) is 3.12. The van der Waals surface area contributed by atoms with Gasteiger partial charge in [-0.25, -0.2) is 4.79 Å². The van der Waals surface area contributed by atoms with Gasteiger partial charge in [0, 0.05) is 60.9 Å². The van der Waals surface area contributed by atoms with Gasteiger partial charge < -0.3 is 23.8 Å². The summed E-state index contributed by atoms with van der Waals surface area (Å²) in [6.45, 7) is 7.99. The summed E-state index contributed by atoms with van der Waals surface area (Å²) >= 11 is 8.14. The van der Waals surface area contributed by atoms with Crippen LogP contribution in [-0.4, -0.2) is 55.4 Å². The number of hydrogen-bond acceptors (Lipinski definition) is 8. The van der Waals surface area contributed by atoms with E-state index in [2.05, 4.69) is 73.0 Å². The van der Waals surface area contributed by atoms with Crippen LogP contribution in [0.1, 0.15) is 104 Å². The SMILES string of the molecule is COC(=O)[C@H]1O[C@@H](Oc2cc3c(c4c(C)csc24)C(CCl)CN3C(=O)CCCC(=O)OC(C)(C)C)CC[C@H]1c1ccccc1C(c1ccccc1)c1ccccc1. The number of carbonyl (C=O) groups is 3. The van der Waals surface area contributed by atoms with Gasteiger partial charge in [-0.2, -0.15) is 0 Å². The number of carbonyl (C=O) groups excluding carboxylic acids is 3. The number of ether oxygens (including phenoxy) is 4. The Morgan fingerprint density at radius 3 is 2.25 bits per heavy atom. The quantitative estimate of drug-likeness (QED) is 0.0704. The first-order valence-electron chi connectivity index (χ1n) is 19.7. The second-order valence-corrected chi connectivity index (χ2v) is 17.1. The fraction of sp³-hybridized carbons (Fsp3) is 0.383. The van der Waals surface area contributed by atoms with Gasteiger partial charge in [0.25, 0.3) is 0 Å². The first-order valence-corrected chi connectivity index (χ1v) is 21.1. The van der Waals surface area contributed by atoms with E-state index in [-0.39, 0.29) is 42.5 Å². The topological polar surface area (TPSA) is 91.4 Å². The van der Waals surface area contributed by atoms with Gasteiger partial charge >= 0.3 is 11.9 Å². The fourth-order valence-electron chi connectivity index (χ4n) is 8.39. The van der Waals surface area contributed by atoms with Gasteiger partial charge in [0.05, 0.1) is 17.5 Å². The molecule has 7 rings (SSSR count). The third kappa shape index (κ3) is 8.76. The van der Waals surface area contributed by atoms with E-state index in [1.165, 1.54) is 7.11 Å². The third-order valence-corrected chi connectivity index (χ3v) is 12.3. The highest BCUT2D eigenvalue weighted by Gasteiger charge is 2.42. The van der Waals surface area contributed by atoms with E-state index in [1.807, 2.05) is 51.1 Å². The van der Waals surface area contributed by atoms with Crippen molar-refractivity contribution in [3.8, 4) is 5.75 Å². The van der Waals surface area contributed by atoms with Crippen molar-refractivity contribution in [1.82, 2.24) is 0 Å². The van der Waals surface area contributed by atoms with Crippen LogP contribution in [0.3, 0.4) is 0 Å². The highest BCUT2D eigenvalue weighted by Crippen LogP contribution is 2.50. The molecule has 8 nitrogen and oxygen atoms in total. The molecule has 0 radical (unpaired) electrons. The van der Waals surface area contributed by atoms with Crippen LogP contribution in [0.5, 0.6) is 5.75 Å². The number of esters is 2. The average molecular weight is 808 g/mol. The number of halogens is 1. The van der Waals surface area contributed by atoms with Crippen molar-refractivity contribution in [2.75, 3.05) is 24.4 Å². The summed E-state index contributed by atoms with van der Waals surface area (Å²) in [5.74, 6) is -0.337. The lowest BCUT2D eigenvalue weighted by molar-refractivity contribution is -0.188. The Kier molecular flexibility index (Phi) is 12.4. The maximum atomic E-state index is 13.8. The molecule has 298 valence electrons. The van der Waals surface area contributed by atoms with Crippen molar-refractivity contribution in [1.29, 1.82) is 0 Å². The Balaban J connectivity index is 1.17. The summed E-state index contributed by atoms with van der Waals surface area (Å²) < 4.78 is 25.1. The number of benzene rings is 4. The molecule has 1 saturated heterocycles. The molecule has 0 spiro atoms. The van der Waals surface area contributed by atoms with Gasteiger partial charge in [-0.3, -0.25) is 9.59 Å². The molecule has 57 heavy (non-hydrogen) atoms. The Bertz CT molecular complexity index is 2180. The molecule has 4 aromatic carbocycles. The number of nitrogens with zero attached hydrogens (tertiary/aromatic N) is 1. The first kappa shape index (κ1) is 40.5. The molecule has 1 aromatic heterocycles. The molecule has 0 aliphatic carbocycles. The fourth-order valence-corrected chi connectivity index (χ4v) is 9.67. The number of hydrogen-bond donors (Lipinski definition) is 0. The molecule has 3 heterocycles. The van der Waals surface area contributed by atoms with Crippen LogP contribution in [0.2, 0.25) is 0 Å². The van der Waals surface area contributed by atoms with Crippen LogP contribution < -0.4 is 9.64 Å². The van der Waals surface area contributed by atoms with Gasteiger partial charge in [-0.05, 0) is 79.3 Å². The number of amides is 1. The highest BCUT2D eigenvalue weighted by atomic mass is 35.5. The Labute approximate surface area is 344 Å². The monoisotopic (exact) mass is 807 g/mol. The van der Waals surface area contributed by atoms with Gasteiger partial charge in [-0.15, -0.1) is 22.9 Å². The number of thiophene rings is 1. The molecular formula is C47H50ClNO7S. The molecule has 0 saturated carbocycles. The minimum atomic E-state index is -0.916. The zero-order valence-electron chi connectivity index (χ0n) is 33.2. The third-order valence-electron chi connectivity index (χ3n) is 10.8. The number of anilines is 1. The van der Waals surface area contributed by atoms with Crippen molar-refractivity contribution >= 4 is 56.6 Å². The average Bonchev–Trinajstić information content (AvgIpc) is 3.78. The summed E-state index contributed by atoms with van der Waals surface area (Å²) in [4.78, 5) is 41.6. The Morgan fingerprint density at radius 2 is 1.60 bits per heavy atom. The van der Waals surface area contributed by atoms with Gasteiger partial charge in [0.2, 0.25) is 12.2 Å². The molecular weight excluding hydrogens is 758 g/mol. The molecule has 2 aliphatic rings. The molecule has 0 N–H and O–H groups in total. The Hall–Kier alpha value is -4.70. The molecule has 1 fully saturated rings.